The quantitative estimate of drug-likeness (QED) is 0.595. The van der Waals surface area contributed by atoms with Crippen molar-refractivity contribution in [3.8, 4) is 11.5 Å². The van der Waals surface area contributed by atoms with Gasteiger partial charge in [0.2, 0.25) is 0 Å². The Labute approximate surface area is 208 Å². The van der Waals surface area contributed by atoms with E-state index in [1.165, 1.54) is 5.56 Å². The lowest BCUT2D eigenvalue weighted by Crippen LogP contribution is -2.57. The molecule has 5 rings (SSSR count). The van der Waals surface area contributed by atoms with Crippen LogP contribution in [-0.2, 0) is 15.9 Å². The largest absolute Gasteiger partial charge is 0.508 e. The van der Waals surface area contributed by atoms with Crippen LogP contribution in [0.5, 0.6) is 11.5 Å². The topological polar surface area (TPSA) is 68.2 Å². The number of carbonyl (C=O) groups excluding carboxylic acids is 1. The van der Waals surface area contributed by atoms with Crippen LogP contribution in [0.3, 0.4) is 0 Å². The van der Waals surface area contributed by atoms with E-state index in [2.05, 4.69) is 31.2 Å². The van der Waals surface area contributed by atoms with Crippen molar-refractivity contribution < 1.29 is 24.1 Å². The molecule has 0 radical (unpaired) electrons. The third kappa shape index (κ3) is 4.99. The number of carbonyl (C=O) groups is 1. The Kier molecular flexibility index (Phi) is 6.20. The van der Waals surface area contributed by atoms with Crippen LogP contribution < -0.4 is 4.74 Å². The predicted molar refractivity (Wildman–Crippen MR) is 134 cm³/mol. The standard InChI is InChI=1S/C29H37NO5/c1-28(2,3)35-27(32)30-15-13-24-20(18-30)16-23-26(33-24)22-17-21(31)10-11-25(22)34-29(23,4)14-12-19-8-6-5-7-9-19/h5-11,17,20,23-24,26,31H,12-16,18H2,1-4H3/t20-,23-,24-,26+,29-/m1/s1. The van der Waals surface area contributed by atoms with Gasteiger partial charge in [0, 0.05) is 30.5 Å². The number of aromatic hydroxyl groups is 1. The van der Waals surface area contributed by atoms with E-state index in [-0.39, 0.29) is 35.9 Å². The molecule has 2 aromatic carbocycles. The summed E-state index contributed by atoms with van der Waals surface area (Å²) in [5, 5.41) is 10.2. The first-order valence-electron chi connectivity index (χ1n) is 12.8. The number of amides is 1. The van der Waals surface area contributed by atoms with Gasteiger partial charge in [0.15, 0.2) is 0 Å². The maximum Gasteiger partial charge on any atom is 0.410 e. The molecule has 1 amide bonds. The Morgan fingerprint density at radius 3 is 2.71 bits per heavy atom. The summed E-state index contributed by atoms with van der Waals surface area (Å²) in [5.74, 6) is 1.35. The third-order valence-corrected chi connectivity index (χ3v) is 7.74. The lowest BCUT2D eigenvalue weighted by molar-refractivity contribution is -0.191. The van der Waals surface area contributed by atoms with Gasteiger partial charge in [0.1, 0.15) is 22.7 Å². The van der Waals surface area contributed by atoms with Gasteiger partial charge in [-0.3, -0.25) is 0 Å². The molecule has 0 saturated carbocycles. The Bertz CT molecular complexity index is 1060. The van der Waals surface area contributed by atoms with Crippen molar-refractivity contribution >= 4 is 6.09 Å². The van der Waals surface area contributed by atoms with Crippen molar-refractivity contribution in [3.05, 3.63) is 59.7 Å². The zero-order chi connectivity index (χ0) is 24.8. The number of nitrogens with zero attached hydrogens (tertiary/aromatic N) is 1. The minimum atomic E-state index is -0.513. The third-order valence-electron chi connectivity index (χ3n) is 7.74. The van der Waals surface area contributed by atoms with Crippen LogP contribution in [0.2, 0.25) is 0 Å². The number of aryl methyl sites for hydroxylation is 1. The van der Waals surface area contributed by atoms with Crippen LogP contribution in [-0.4, -0.2) is 46.5 Å². The Balaban J connectivity index is 1.40. The molecule has 0 bridgehead atoms. The Morgan fingerprint density at radius 1 is 1.20 bits per heavy atom. The maximum absolute atomic E-state index is 12.8. The van der Waals surface area contributed by atoms with Crippen LogP contribution in [0.1, 0.15) is 64.2 Å². The summed E-state index contributed by atoms with van der Waals surface area (Å²) in [4.78, 5) is 14.6. The molecule has 1 N–H and O–H groups in total. The maximum atomic E-state index is 12.8. The molecule has 0 unspecified atom stereocenters. The number of rotatable bonds is 3. The lowest BCUT2D eigenvalue weighted by atomic mass is 9.68. The number of likely N-dealkylation sites (tertiary alicyclic amines) is 1. The summed E-state index contributed by atoms with van der Waals surface area (Å²) in [5.41, 5.74) is 1.28. The molecule has 5 atom stereocenters. The smallest absolute Gasteiger partial charge is 0.410 e. The highest BCUT2D eigenvalue weighted by atomic mass is 16.6. The number of piperidine rings is 1. The highest BCUT2D eigenvalue weighted by Crippen LogP contribution is 2.54. The fourth-order valence-electron chi connectivity index (χ4n) is 5.95. The summed E-state index contributed by atoms with van der Waals surface area (Å²) in [7, 11) is 0. The molecule has 2 aromatic rings. The Morgan fingerprint density at radius 2 is 1.97 bits per heavy atom. The average molecular weight is 480 g/mol. The van der Waals surface area contributed by atoms with Crippen molar-refractivity contribution in [1.29, 1.82) is 0 Å². The second-order valence-electron chi connectivity index (χ2n) is 11.5. The molecule has 35 heavy (non-hydrogen) atoms. The van der Waals surface area contributed by atoms with E-state index in [1.807, 2.05) is 37.8 Å². The van der Waals surface area contributed by atoms with Crippen molar-refractivity contribution in [1.82, 2.24) is 4.90 Å². The Hall–Kier alpha value is -2.73. The van der Waals surface area contributed by atoms with Crippen molar-refractivity contribution in [2.75, 3.05) is 13.1 Å². The molecular formula is C29H37NO5. The second-order valence-corrected chi connectivity index (χ2v) is 11.5. The summed E-state index contributed by atoms with van der Waals surface area (Å²) >= 11 is 0. The van der Waals surface area contributed by atoms with Crippen LogP contribution >= 0.6 is 0 Å². The molecule has 6 heteroatoms. The molecule has 3 aliphatic heterocycles. The number of fused-ring (bicyclic) bond motifs is 4. The van der Waals surface area contributed by atoms with Gasteiger partial charge in [-0.05, 0) is 77.1 Å². The highest BCUT2D eigenvalue weighted by molar-refractivity contribution is 5.68. The first-order chi connectivity index (χ1) is 16.6. The van der Waals surface area contributed by atoms with E-state index in [0.717, 1.165) is 37.0 Å². The van der Waals surface area contributed by atoms with E-state index < -0.39 is 11.2 Å². The number of phenols is 1. The van der Waals surface area contributed by atoms with Crippen LogP contribution in [0, 0.1) is 11.8 Å². The minimum Gasteiger partial charge on any atom is -0.508 e. The molecule has 6 nitrogen and oxygen atoms in total. The monoisotopic (exact) mass is 479 g/mol. The van der Waals surface area contributed by atoms with E-state index in [1.54, 1.807) is 12.1 Å². The predicted octanol–water partition coefficient (Wildman–Crippen LogP) is 5.88. The number of benzene rings is 2. The molecule has 3 heterocycles. The average Bonchev–Trinajstić information content (AvgIpc) is 2.82. The number of hydrogen-bond acceptors (Lipinski definition) is 5. The first-order valence-corrected chi connectivity index (χ1v) is 12.8. The molecule has 0 aliphatic carbocycles. The summed E-state index contributed by atoms with van der Waals surface area (Å²) in [6, 6.07) is 15.8. The fraction of sp³-hybridized carbons (Fsp3) is 0.552. The van der Waals surface area contributed by atoms with Gasteiger partial charge in [-0.1, -0.05) is 30.3 Å². The van der Waals surface area contributed by atoms with Gasteiger partial charge in [-0.25, -0.2) is 4.79 Å². The van der Waals surface area contributed by atoms with Crippen molar-refractivity contribution in [3.63, 3.8) is 0 Å². The van der Waals surface area contributed by atoms with E-state index in [4.69, 9.17) is 14.2 Å². The molecule has 0 aromatic heterocycles. The molecular weight excluding hydrogens is 442 g/mol. The lowest BCUT2D eigenvalue weighted by Gasteiger charge is -2.54. The van der Waals surface area contributed by atoms with E-state index >= 15 is 0 Å². The van der Waals surface area contributed by atoms with Crippen molar-refractivity contribution in [2.45, 2.75) is 76.8 Å². The van der Waals surface area contributed by atoms with Gasteiger partial charge in [-0.15, -0.1) is 0 Å². The molecule has 188 valence electrons. The second kappa shape index (κ2) is 9.05. The van der Waals surface area contributed by atoms with Crippen LogP contribution in [0.4, 0.5) is 4.79 Å². The van der Waals surface area contributed by atoms with Gasteiger partial charge in [0.25, 0.3) is 0 Å². The molecule has 2 saturated heterocycles. The van der Waals surface area contributed by atoms with Crippen LogP contribution in [0.25, 0.3) is 0 Å². The zero-order valence-corrected chi connectivity index (χ0v) is 21.2. The molecule has 0 spiro atoms. The van der Waals surface area contributed by atoms with Gasteiger partial charge in [-0.2, -0.15) is 0 Å². The zero-order valence-electron chi connectivity index (χ0n) is 21.2. The van der Waals surface area contributed by atoms with Gasteiger partial charge in [0.05, 0.1) is 12.2 Å². The highest BCUT2D eigenvalue weighted by Gasteiger charge is 2.53. The minimum absolute atomic E-state index is 0.0709. The SMILES string of the molecule is CC(C)(C)OC(=O)N1CC[C@H]2O[C@H]3c4cc(O)ccc4O[C@](C)(CCc4ccccc4)[C@@H]3C[C@@H]2C1. The number of phenolic OH excluding ortho intramolecular Hbond substituents is 1. The summed E-state index contributed by atoms with van der Waals surface area (Å²) in [6.07, 6.45) is 3.13. The number of ether oxygens (including phenoxy) is 3. The van der Waals surface area contributed by atoms with E-state index in [0.29, 0.717) is 13.1 Å². The molecule has 3 aliphatic rings. The van der Waals surface area contributed by atoms with Crippen molar-refractivity contribution in [2.24, 2.45) is 11.8 Å². The van der Waals surface area contributed by atoms with E-state index in [9.17, 15) is 9.90 Å². The van der Waals surface area contributed by atoms with Gasteiger partial charge >= 0.3 is 6.09 Å². The fourth-order valence-corrected chi connectivity index (χ4v) is 5.95. The first kappa shape index (κ1) is 24.0. The normalized spacial score (nSPS) is 29.9. The summed E-state index contributed by atoms with van der Waals surface area (Å²) in [6.45, 7) is 9.15. The van der Waals surface area contributed by atoms with Gasteiger partial charge < -0.3 is 24.2 Å². The number of hydrogen-bond donors (Lipinski definition) is 1. The van der Waals surface area contributed by atoms with Crippen LogP contribution in [0.15, 0.2) is 48.5 Å². The molecule has 2 fully saturated rings. The summed E-state index contributed by atoms with van der Waals surface area (Å²) < 4.78 is 19.1.